The first-order valence-corrected chi connectivity index (χ1v) is 5.68. The van der Waals surface area contributed by atoms with Gasteiger partial charge in [-0.05, 0) is 6.07 Å². The Morgan fingerprint density at radius 1 is 1.42 bits per heavy atom. The van der Waals surface area contributed by atoms with Crippen LogP contribution >= 0.6 is 12.4 Å². The van der Waals surface area contributed by atoms with Crippen molar-refractivity contribution in [2.24, 2.45) is 5.92 Å². The summed E-state index contributed by atoms with van der Waals surface area (Å²) in [7, 11) is 0. The molecule has 0 radical (unpaired) electrons. The zero-order valence-corrected chi connectivity index (χ0v) is 10.8. The summed E-state index contributed by atoms with van der Waals surface area (Å²) in [5.41, 5.74) is -0.537. The van der Waals surface area contributed by atoms with E-state index in [4.69, 9.17) is 0 Å². The third-order valence-electron chi connectivity index (χ3n) is 2.95. The second kappa shape index (κ2) is 6.56. The fourth-order valence-corrected chi connectivity index (χ4v) is 1.92. The van der Waals surface area contributed by atoms with Crippen molar-refractivity contribution in [1.29, 1.82) is 0 Å². The molecule has 1 fully saturated rings. The van der Waals surface area contributed by atoms with E-state index in [0.717, 1.165) is 6.07 Å². The van der Waals surface area contributed by atoms with Gasteiger partial charge >= 0.3 is 6.18 Å². The minimum absolute atomic E-state index is 0. The topological polar surface area (TPSA) is 73.0 Å². The lowest BCUT2D eigenvalue weighted by molar-refractivity contribution is -0.141. The Kier molecular flexibility index (Phi) is 5.60. The predicted octanol–water partition coefficient (Wildman–Crippen LogP) is 0.520. The number of aromatic amines is 1. The molecule has 1 aliphatic heterocycles. The maximum atomic E-state index is 12.3. The van der Waals surface area contributed by atoms with Gasteiger partial charge in [0.05, 0.1) is 6.10 Å². The first kappa shape index (κ1) is 16.2. The molecule has 0 saturated carbocycles. The minimum Gasteiger partial charge on any atom is -0.391 e. The van der Waals surface area contributed by atoms with Gasteiger partial charge in [-0.2, -0.15) is 18.3 Å². The Hall–Kier alpha value is -0.830. The Morgan fingerprint density at radius 3 is 2.68 bits per heavy atom. The monoisotopic (exact) mass is 300 g/mol. The number of nitrogens with one attached hydrogen (secondary N) is 3. The van der Waals surface area contributed by atoms with Gasteiger partial charge < -0.3 is 15.7 Å². The molecule has 2 heterocycles. The highest BCUT2D eigenvalue weighted by Crippen LogP contribution is 2.27. The van der Waals surface area contributed by atoms with E-state index in [1.54, 1.807) is 0 Å². The summed E-state index contributed by atoms with van der Waals surface area (Å²) < 4.78 is 36.8. The SMILES string of the molecule is Cl.OC1CNCC1CNCc1cc(C(F)(F)F)n[nH]1. The number of aliphatic hydroxyl groups excluding tert-OH is 1. The zero-order chi connectivity index (χ0) is 13.2. The van der Waals surface area contributed by atoms with E-state index in [-0.39, 0.29) is 24.9 Å². The summed E-state index contributed by atoms with van der Waals surface area (Å²) in [6.45, 7) is 2.10. The van der Waals surface area contributed by atoms with E-state index in [1.807, 2.05) is 0 Å². The number of halogens is 4. The fraction of sp³-hybridized carbons (Fsp3) is 0.700. The van der Waals surface area contributed by atoms with Crippen molar-refractivity contribution < 1.29 is 18.3 Å². The number of alkyl halides is 3. The maximum absolute atomic E-state index is 12.3. The fourth-order valence-electron chi connectivity index (χ4n) is 1.92. The molecule has 2 atom stereocenters. The summed E-state index contributed by atoms with van der Waals surface area (Å²) in [6, 6.07) is 0.982. The summed E-state index contributed by atoms with van der Waals surface area (Å²) in [5, 5.41) is 21.1. The molecule has 9 heteroatoms. The van der Waals surface area contributed by atoms with Crippen molar-refractivity contribution in [1.82, 2.24) is 20.8 Å². The van der Waals surface area contributed by atoms with Gasteiger partial charge in [-0.15, -0.1) is 12.4 Å². The van der Waals surface area contributed by atoms with E-state index in [0.29, 0.717) is 25.3 Å². The van der Waals surface area contributed by atoms with E-state index in [9.17, 15) is 18.3 Å². The first-order valence-electron chi connectivity index (χ1n) is 5.68. The van der Waals surface area contributed by atoms with Gasteiger partial charge in [-0.3, -0.25) is 5.10 Å². The standard InChI is InChI=1S/C10H15F3N4O.ClH/c11-10(12,13)9-1-7(16-17-9)4-14-2-6-3-15-5-8(6)18;/h1,6,8,14-15,18H,2-5H2,(H,16,17);1H. The number of nitrogens with zero attached hydrogens (tertiary/aromatic N) is 1. The van der Waals surface area contributed by atoms with Crippen LogP contribution < -0.4 is 10.6 Å². The van der Waals surface area contributed by atoms with Crippen LogP contribution in [0.15, 0.2) is 6.07 Å². The van der Waals surface area contributed by atoms with Gasteiger partial charge in [0.15, 0.2) is 5.69 Å². The van der Waals surface area contributed by atoms with Crippen LogP contribution in [0.5, 0.6) is 0 Å². The Labute approximate surface area is 114 Å². The van der Waals surface area contributed by atoms with Gasteiger partial charge in [0.25, 0.3) is 0 Å². The summed E-state index contributed by atoms with van der Waals surface area (Å²) in [6.07, 6.45) is -4.81. The van der Waals surface area contributed by atoms with Crippen LogP contribution in [-0.4, -0.2) is 41.0 Å². The van der Waals surface area contributed by atoms with E-state index >= 15 is 0 Å². The molecule has 1 saturated heterocycles. The van der Waals surface area contributed by atoms with Crippen LogP contribution in [0.25, 0.3) is 0 Å². The molecule has 0 aliphatic carbocycles. The summed E-state index contributed by atoms with van der Waals surface area (Å²) in [4.78, 5) is 0. The molecule has 5 nitrogen and oxygen atoms in total. The van der Waals surface area contributed by atoms with Gasteiger partial charge in [-0.25, -0.2) is 0 Å². The molecule has 0 aromatic carbocycles. The summed E-state index contributed by atoms with van der Waals surface area (Å²) in [5.74, 6) is 0.0926. The second-order valence-corrected chi connectivity index (χ2v) is 4.39. The normalized spacial score (nSPS) is 23.4. The highest BCUT2D eigenvalue weighted by atomic mass is 35.5. The minimum atomic E-state index is -4.42. The number of rotatable bonds is 4. The quantitative estimate of drug-likeness (QED) is 0.654. The number of aromatic nitrogens is 2. The lowest BCUT2D eigenvalue weighted by atomic mass is 10.1. The molecular weight excluding hydrogens is 285 g/mol. The Morgan fingerprint density at radius 2 is 2.16 bits per heavy atom. The molecule has 1 aromatic heterocycles. The van der Waals surface area contributed by atoms with Gasteiger partial charge in [-0.1, -0.05) is 0 Å². The number of hydrogen-bond donors (Lipinski definition) is 4. The molecule has 0 spiro atoms. The third kappa shape index (κ3) is 4.34. The molecule has 2 unspecified atom stereocenters. The van der Waals surface area contributed by atoms with Gasteiger partial charge in [0.2, 0.25) is 0 Å². The lowest BCUT2D eigenvalue weighted by Crippen LogP contribution is -2.30. The zero-order valence-electron chi connectivity index (χ0n) is 10.00. The van der Waals surface area contributed by atoms with Crippen LogP contribution in [0, 0.1) is 5.92 Å². The van der Waals surface area contributed by atoms with Crippen LogP contribution in [0.2, 0.25) is 0 Å². The molecule has 4 N–H and O–H groups in total. The van der Waals surface area contributed by atoms with Crippen LogP contribution in [0.1, 0.15) is 11.4 Å². The third-order valence-corrected chi connectivity index (χ3v) is 2.95. The van der Waals surface area contributed by atoms with E-state index in [1.165, 1.54) is 0 Å². The maximum Gasteiger partial charge on any atom is 0.435 e. The smallest absolute Gasteiger partial charge is 0.391 e. The van der Waals surface area contributed by atoms with Crippen molar-refractivity contribution in [3.8, 4) is 0 Å². The average Bonchev–Trinajstić information content (AvgIpc) is 2.88. The molecule has 0 amide bonds. The molecule has 19 heavy (non-hydrogen) atoms. The lowest BCUT2D eigenvalue weighted by Gasteiger charge is -2.13. The van der Waals surface area contributed by atoms with Gasteiger partial charge in [0.1, 0.15) is 0 Å². The molecule has 2 rings (SSSR count). The van der Waals surface area contributed by atoms with Crippen LogP contribution in [-0.2, 0) is 12.7 Å². The van der Waals surface area contributed by atoms with Crippen molar-refractivity contribution in [3.05, 3.63) is 17.5 Å². The number of β-amino-alcohol motifs (C(OH)–C–C–N with tert-alkyl or cyclic N) is 1. The predicted molar refractivity (Wildman–Crippen MR) is 64.9 cm³/mol. The van der Waals surface area contributed by atoms with E-state index in [2.05, 4.69) is 20.8 Å². The Bertz CT molecular complexity index is 398. The second-order valence-electron chi connectivity index (χ2n) is 4.39. The van der Waals surface area contributed by atoms with Crippen molar-refractivity contribution >= 4 is 12.4 Å². The largest absolute Gasteiger partial charge is 0.435 e. The van der Waals surface area contributed by atoms with Crippen molar-refractivity contribution in [2.75, 3.05) is 19.6 Å². The highest BCUT2D eigenvalue weighted by molar-refractivity contribution is 5.85. The molecule has 0 bridgehead atoms. The van der Waals surface area contributed by atoms with Crippen LogP contribution in [0.4, 0.5) is 13.2 Å². The van der Waals surface area contributed by atoms with E-state index < -0.39 is 18.0 Å². The van der Waals surface area contributed by atoms with Gasteiger partial charge in [0, 0.05) is 37.8 Å². The average molecular weight is 301 g/mol. The number of H-pyrrole nitrogens is 1. The first-order chi connectivity index (χ1) is 8.47. The highest BCUT2D eigenvalue weighted by Gasteiger charge is 2.33. The van der Waals surface area contributed by atoms with Crippen LogP contribution in [0.3, 0.4) is 0 Å². The molecular formula is C10H16ClF3N4O. The number of hydrogen-bond acceptors (Lipinski definition) is 4. The molecule has 110 valence electrons. The summed E-state index contributed by atoms with van der Waals surface area (Å²) >= 11 is 0. The van der Waals surface area contributed by atoms with Crippen molar-refractivity contribution in [3.63, 3.8) is 0 Å². The molecule has 1 aliphatic rings. The Balaban J connectivity index is 0.00000180. The molecule has 1 aromatic rings. The number of aliphatic hydroxyl groups is 1. The van der Waals surface area contributed by atoms with Crippen molar-refractivity contribution in [2.45, 2.75) is 18.8 Å².